The lowest BCUT2D eigenvalue weighted by molar-refractivity contribution is 0.644. The molecule has 0 saturated heterocycles. The summed E-state index contributed by atoms with van der Waals surface area (Å²) in [6, 6.07) is 10.8. The minimum Gasteiger partial charge on any atom is -0.290 e. The van der Waals surface area contributed by atoms with Gasteiger partial charge in [0, 0.05) is 0 Å². The van der Waals surface area contributed by atoms with Crippen molar-refractivity contribution in [3.05, 3.63) is 35.9 Å². The molecule has 0 aliphatic rings. The van der Waals surface area contributed by atoms with Crippen LogP contribution in [0.5, 0.6) is 0 Å². The molecular formula is C16H25N. The van der Waals surface area contributed by atoms with Gasteiger partial charge in [0.1, 0.15) is 0 Å². The molecule has 0 aromatic heterocycles. The molecule has 94 valence electrons. The third kappa shape index (κ3) is 6.25. The molecule has 0 bridgehead atoms. The fourth-order valence-corrected chi connectivity index (χ4v) is 1.89. The normalized spacial score (nSPS) is 13.1. The smallest absolute Gasteiger partial charge is 0.0716 e. The Morgan fingerprint density at radius 2 is 1.76 bits per heavy atom. The van der Waals surface area contributed by atoms with Gasteiger partial charge in [-0.1, -0.05) is 62.9 Å². The first-order chi connectivity index (χ1) is 8.34. The van der Waals surface area contributed by atoms with Crippen LogP contribution in [-0.2, 0) is 0 Å². The first-order valence-corrected chi connectivity index (χ1v) is 6.91. The molecule has 0 aliphatic heterocycles. The van der Waals surface area contributed by atoms with Crippen molar-refractivity contribution in [2.75, 3.05) is 0 Å². The number of hydrogen-bond acceptors (Lipinski definition) is 1. The quantitative estimate of drug-likeness (QED) is 0.432. The number of nitrogens with zero attached hydrogens (tertiary/aromatic N) is 1. The first-order valence-electron chi connectivity index (χ1n) is 6.91. The van der Waals surface area contributed by atoms with Gasteiger partial charge in [0.2, 0.25) is 0 Å². The summed E-state index contributed by atoms with van der Waals surface area (Å²) >= 11 is 0. The summed E-state index contributed by atoms with van der Waals surface area (Å²) in [5.41, 5.74) is 1.30. The summed E-state index contributed by atoms with van der Waals surface area (Å²) in [4.78, 5) is 4.59. The van der Waals surface area contributed by atoms with Crippen LogP contribution in [0.1, 0.15) is 64.0 Å². The van der Waals surface area contributed by atoms with Gasteiger partial charge in [-0.25, -0.2) is 0 Å². The zero-order chi connectivity index (χ0) is 12.3. The van der Waals surface area contributed by atoms with Crippen LogP contribution < -0.4 is 0 Å². The number of unbranched alkanes of at least 4 members (excludes halogenated alkanes) is 5. The van der Waals surface area contributed by atoms with Crippen LogP contribution in [0.25, 0.3) is 0 Å². The van der Waals surface area contributed by atoms with E-state index in [1.165, 1.54) is 37.7 Å². The Balaban J connectivity index is 2.16. The van der Waals surface area contributed by atoms with Crippen molar-refractivity contribution in [2.45, 2.75) is 58.4 Å². The molecule has 0 unspecified atom stereocenters. The molecule has 1 rings (SSSR count). The van der Waals surface area contributed by atoms with E-state index in [1.54, 1.807) is 0 Å². The molecule has 0 aliphatic carbocycles. The van der Waals surface area contributed by atoms with Gasteiger partial charge in [0.05, 0.1) is 6.04 Å². The standard InChI is InChI=1S/C16H25N/c1-3-4-5-6-7-11-14-17-15(2)16-12-9-8-10-13-16/h8-10,12-15H,3-7,11H2,1-2H3/t15-/m0/s1. The van der Waals surface area contributed by atoms with Crippen LogP contribution in [0.4, 0.5) is 0 Å². The van der Waals surface area contributed by atoms with E-state index in [9.17, 15) is 0 Å². The summed E-state index contributed by atoms with van der Waals surface area (Å²) in [5, 5.41) is 0. The highest BCUT2D eigenvalue weighted by Gasteiger charge is 1.99. The predicted molar refractivity (Wildman–Crippen MR) is 76.7 cm³/mol. The number of aliphatic imine (C=N–C) groups is 1. The predicted octanol–water partition coefficient (Wildman–Crippen LogP) is 5.18. The van der Waals surface area contributed by atoms with Crippen molar-refractivity contribution < 1.29 is 0 Å². The van der Waals surface area contributed by atoms with Crippen LogP contribution in [0, 0.1) is 0 Å². The minimum absolute atomic E-state index is 0.298. The van der Waals surface area contributed by atoms with E-state index in [0.29, 0.717) is 6.04 Å². The molecule has 1 aromatic rings. The molecule has 0 fully saturated rings. The van der Waals surface area contributed by atoms with Gasteiger partial charge < -0.3 is 0 Å². The number of benzene rings is 1. The average Bonchev–Trinajstić information content (AvgIpc) is 2.38. The second kappa shape index (κ2) is 8.98. The van der Waals surface area contributed by atoms with Gasteiger partial charge in [-0.3, -0.25) is 4.99 Å². The summed E-state index contributed by atoms with van der Waals surface area (Å²) in [6.45, 7) is 4.41. The number of rotatable bonds is 8. The van der Waals surface area contributed by atoms with Gasteiger partial charge in [0.15, 0.2) is 0 Å². The van der Waals surface area contributed by atoms with Crippen LogP contribution in [0.2, 0.25) is 0 Å². The monoisotopic (exact) mass is 231 g/mol. The van der Waals surface area contributed by atoms with E-state index in [0.717, 1.165) is 6.42 Å². The largest absolute Gasteiger partial charge is 0.290 e. The highest BCUT2D eigenvalue weighted by Crippen LogP contribution is 2.15. The van der Waals surface area contributed by atoms with E-state index < -0.39 is 0 Å². The fourth-order valence-electron chi connectivity index (χ4n) is 1.89. The summed E-state index contributed by atoms with van der Waals surface area (Å²) in [7, 11) is 0. The van der Waals surface area contributed by atoms with Crippen LogP contribution in [-0.4, -0.2) is 6.21 Å². The molecule has 1 aromatic carbocycles. The summed E-state index contributed by atoms with van der Waals surface area (Å²) in [5.74, 6) is 0. The second-order valence-electron chi connectivity index (χ2n) is 4.62. The first kappa shape index (κ1) is 14.0. The minimum atomic E-state index is 0.298. The Hall–Kier alpha value is -1.11. The lowest BCUT2D eigenvalue weighted by atomic mass is 10.1. The molecule has 0 saturated carbocycles. The lowest BCUT2D eigenvalue weighted by Crippen LogP contribution is -1.89. The van der Waals surface area contributed by atoms with E-state index in [2.05, 4.69) is 49.3 Å². The van der Waals surface area contributed by atoms with Crippen molar-refractivity contribution in [3.63, 3.8) is 0 Å². The van der Waals surface area contributed by atoms with Crippen molar-refractivity contribution in [1.29, 1.82) is 0 Å². The molecule has 1 heteroatoms. The fraction of sp³-hybridized carbons (Fsp3) is 0.562. The van der Waals surface area contributed by atoms with Gasteiger partial charge in [-0.2, -0.15) is 0 Å². The van der Waals surface area contributed by atoms with Crippen LogP contribution >= 0.6 is 0 Å². The van der Waals surface area contributed by atoms with Gasteiger partial charge in [0.25, 0.3) is 0 Å². The highest BCUT2D eigenvalue weighted by atomic mass is 14.7. The van der Waals surface area contributed by atoms with Crippen molar-refractivity contribution >= 4 is 6.21 Å². The Kier molecular flexibility index (Phi) is 7.37. The van der Waals surface area contributed by atoms with Gasteiger partial charge in [-0.15, -0.1) is 0 Å². The zero-order valence-corrected chi connectivity index (χ0v) is 11.2. The molecule has 0 spiro atoms. The maximum absolute atomic E-state index is 4.59. The van der Waals surface area contributed by atoms with Gasteiger partial charge in [-0.05, 0) is 31.5 Å². The third-order valence-corrected chi connectivity index (χ3v) is 3.05. The van der Waals surface area contributed by atoms with Crippen LogP contribution in [0.3, 0.4) is 0 Å². The van der Waals surface area contributed by atoms with Crippen molar-refractivity contribution in [3.8, 4) is 0 Å². The SMILES string of the molecule is CCCCCCCC=N[C@@H](C)c1ccccc1. The maximum Gasteiger partial charge on any atom is 0.0716 e. The third-order valence-electron chi connectivity index (χ3n) is 3.05. The van der Waals surface area contributed by atoms with Crippen LogP contribution in [0.15, 0.2) is 35.3 Å². The zero-order valence-electron chi connectivity index (χ0n) is 11.2. The van der Waals surface area contributed by atoms with Crippen molar-refractivity contribution in [1.82, 2.24) is 0 Å². The summed E-state index contributed by atoms with van der Waals surface area (Å²) in [6.07, 6.45) is 9.92. The maximum atomic E-state index is 4.59. The average molecular weight is 231 g/mol. The second-order valence-corrected chi connectivity index (χ2v) is 4.62. The van der Waals surface area contributed by atoms with Crippen molar-refractivity contribution in [2.24, 2.45) is 4.99 Å². The van der Waals surface area contributed by atoms with E-state index in [4.69, 9.17) is 0 Å². The van der Waals surface area contributed by atoms with Gasteiger partial charge >= 0.3 is 0 Å². The molecule has 0 radical (unpaired) electrons. The molecule has 1 nitrogen and oxygen atoms in total. The Morgan fingerprint density at radius 1 is 1.06 bits per heavy atom. The molecule has 17 heavy (non-hydrogen) atoms. The summed E-state index contributed by atoms with van der Waals surface area (Å²) < 4.78 is 0. The Morgan fingerprint density at radius 3 is 2.47 bits per heavy atom. The topological polar surface area (TPSA) is 12.4 Å². The highest BCUT2D eigenvalue weighted by molar-refractivity contribution is 5.57. The molecule has 0 amide bonds. The van der Waals surface area contributed by atoms with E-state index in [-0.39, 0.29) is 0 Å². The van der Waals surface area contributed by atoms with E-state index >= 15 is 0 Å². The molecule has 0 heterocycles. The van der Waals surface area contributed by atoms with E-state index in [1.807, 2.05) is 6.07 Å². The molecule has 1 atom stereocenters. The Bertz CT molecular complexity index is 303. The Labute approximate surface area is 106 Å². The molecular weight excluding hydrogens is 206 g/mol. The lowest BCUT2D eigenvalue weighted by Gasteiger charge is -2.05. The number of hydrogen-bond donors (Lipinski definition) is 0. The molecule has 0 N–H and O–H groups in total.